The highest BCUT2D eigenvalue weighted by atomic mass is 32.2. The van der Waals surface area contributed by atoms with Crippen molar-refractivity contribution in [3.8, 4) is 11.3 Å². The van der Waals surface area contributed by atoms with Crippen molar-refractivity contribution in [2.75, 3.05) is 21.3 Å². The summed E-state index contributed by atoms with van der Waals surface area (Å²) in [6.07, 6.45) is 6.85. The maximum atomic E-state index is 14.7. The number of nitrogens with zero attached hydrogens (tertiary/aromatic N) is 2. The number of fused-ring (bicyclic) bond motifs is 1. The molecule has 3 aromatic carbocycles. The molecule has 1 fully saturated rings. The van der Waals surface area contributed by atoms with Crippen molar-refractivity contribution < 1.29 is 4.39 Å². The van der Waals surface area contributed by atoms with E-state index in [0.29, 0.717) is 11.3 Å². The van der Waals surface area contributed by atoms with E-state index in [1.165, 1.54) is 55.1 Å². The molecular weight excluding hydrogens is 497 g/mol. The minimum Gasteiger partial charge on any atom is -0.326 e. The number of pyridine rings is 1. The normalized spacial score (nSPS) is 13.1. The van der Waals surface area contributed by atoms with Crippen LogP contribution in [0, 0.1) is 5.82 Å². The van der Waals surface area contributed by atoms with Gasteiger partial charge in [-0.25, -0.2) is 4.39 Å². The molecule has 1 aromatic heterocycles. The van der Waals surface area contributed by atoms with Crippen molar-refractivity contribution >= 4 is 46.0 Å². The SMILES string of the molecule is CC.CCC.Fc1ccc(NSc2ccc(N3CCCCCS3)cc2)cc1-c1nccc2ccccc12. The summed E-state index contributed by atoms with van der Waals surface area (Å²) < 4.78 is 20.5. The van der Waals surface area contributed by atoms with E-state index in [1.54, 1.807) is 12.3 Å². The van der Waals surface area contributed by atoms with Crippen LogP contribution in [-0.4, -0.2) is 17.3 Å². The first kappa shape index (κ1) is 28.9. The van der Waals surface area contributed by atoms with E-state index in [4.69, 9.17) is 0 Å². The van der Waals surface area contributed by atoms with Crippen molar-refractivity contribution in [2.45, 2.75) is 58.3 Å². The van der Waals surface area contributed by atoms with Crippen LogP contribution >= 0.6 is 23.9 Å². The van der Waals surface area contributed by atoms with E-state index >= 15 is 0 Å². The second-order valence-electron chi connectivity index (χ2n) is 8.48. The highest BCUT2D eigenvalue weighted by Gasteiger charge is 2.13. The van der Waals surface area contributed by atoms with Crippen LogP contribution < -0.4 is 9.03 Å². The summed E-state index contributed by atoms with van der Waals surface area (Å²) in [6.45, 7) is 9.36. The monoisotopic (exact) mass is 535 g/mol. The molecule has 4 aromatic rings. The third-order valence-corrected chi connectivity index (χ3v) is 7.58. The molecule has 1 aliphatic rings. The number of anilines is 2. The second-order valence-corrected chi connectivity index (χ2v) is 10.5. The molecular formula is C31H38FN3S2. The molecule has 196 valence electrons. The Hall–Kier alpha value is -2.70. The van der Waals surface area contributed by atoms with Gasteiger partial charge in [-0.1, -0.05) is 64.8 Å². The number of benzene rings is 3. The van der Waals surface area contributed by atoms with Crippen LogP contribution in [0.3, 0.4) is 0 Å². The van der Waals surface area contributed by atoms with Crippen molar-refractivity contribution in [3.63, 3.8) is 0 Å². The molecule has 0 atom stereocenters. The summed E-state index contributed by atoms with van der Waals surface area (Å²) >= 11 is 3.45. The Morgan fingerprint density at radius 1 is 0.946 bits per heavy atom. The van der Waals surface area contributed by atoms with Gasteiger partial charge in [-0.05, 0) is 90.7 Å². The lowest BCUT2D eigenvalue weighted by atomic mass is 10.0. The first-order valence-electron chi connectivity index (χ1n) is 13.3. The number of halogens is 1. The molecule has 1 saturated heterocycles. The summed E-state index contributed by atoms with van der Waals surface area (Å²) in [4.78, 5) is 5.59. The highest BCUT2D eigenvalue weighted by molar-refractivity contribution is 8.00. The van der Waals surface area contributed by atoms with E-state index in [-0.39, 0.29) is 5.82 Å². The summed E-state index contributed by atoms with van der Waals surface area (Å²) in [6, 6.07) is 23.6. The van der Waals surface area contributed by atoms with Gasteiger partial charge in [-0.15, -0.1) is 0 Å². The number of hydrogen-bond acceptors (Lipinski definition) is 5. The van der Waals surface area contributed by atoms with Crippen molar-refractivity contribution in [3.05, 3.63) is 84.8 Å². The minimum absolute atomic E-state index is 0.274. The predicted molar refractivity (Wildman–Crippen MR) is 164 cm³/mol. The van der Waals surface area contributed by atoms with E-state index in [9.17, 15) is 4.39 Å². The van der Waals surface area contributed by atoms with Gasteiger partial charge in [0.15, 0.2) is 0 Å². The van der Waals surface area contributed by atoms with Crippen LogP contribution in [0.1, 0.15) is 53.4 Å². The van der Waals surface area contributed by atoms with Gasteiger partial charge >= 0.3 is 0 Å². The molecule has 0 radical (unpaired) electrons. The zero-order valence-electron chi connectivity index (χ0n) is 22.3. The third kappa shape index (κ3) is 8.14. The minimum atomic E-state index is -0.274. The maximum Gasteiger partial charge on any atom is 0.132 e. The number of aromatic nitrogens is 1. The van der Waals surface area contributed by atoms with Crippen LogP contribution in [0.5, 0.6) is 0 Å². The molecule has 0 amide bonds. The lowest BCUT2D eigenvalue weighted by Gasteiger charge is -2.21. The van der Waals surface area contributed by atoms with Crippen LogP contribution in [0.4, 0.5) is 15.8 Å². The fraction of sp³-hybridized carbons (Fsp3) is 0.323. The Morgan fingerprint density at radius 2 is 1.70 bits per heavy atom. The first-order chi connectivity index (χ1) is 18.2. The lowest BCUT2D eigenvalue weighted by Crippen LogP contribution is -2.14. The first-order valence-corrected chi connectivity index (χ1v) is 15.0. The second kappa shape index (κ2) is 15.5. The molecule has 6 heteroatoms. The quantitative estimate of drug-likeness (QED) is 0.257. The molecule has 0 aliphatic carbocycles. The van der Waals surface area contributed by atoms with Crippen LogP contribution in [0.15, 0.2) is 83.9 Å². The summed E-state index contributed by atoms with van der Waals surface area (Å²) in [5.41, 5.74) is 3.26. The molecule has 1 aliphatic heterocycles. The van der Waals surface area contributed by atoms with Gasteiger partial charge in [0.2, 0.25) is 0 Å². The third-order valence-electron chi connectivity index (χ3n) is 5.56. The zero-order valence-corrected chi connectivity index (χ0v) is 24.0. The Morgan fingerprint density at radius 3 is 2.49 bits per heavy atom. The standard InChI is InChI=1S/C26H24FN3S2.C3H8.C2H6/c27-25-13-8-20(18-24(25)26-23-7-3-2-6-19(23)14-15-28-26)29-32-22-11-9-21(10-12-22)30-16-4-1-5-17-31-30;1-3-2;1-2/h2-3,6-15,18,29H,1,4-5,16-17H2;3H2,1-2H3;1-2H3. The van der Waals surface area contributed by atoms with Crippen LogP contribution in [0.25, 0.3) is 22.0 Å². The molecule has 1 N–H and O–H groups in total. The lowest BCUT2D eigenvalue weighted by molar-refractivity contribution is 0.631. The molecule has 2 heterocycles. The largest absolute Gasteiger partial charge is 0.326 e. The van der Waals surface area contributed by atoms with Gasteiger partial charge in [-0.3, -0.25) is 4.98 Å². The van der Waals surface area contributed by atoms with Crippen LogP contribution in [-0.2, 0) is 0 Å². The fourth-order valence-electron chi connectivity index (χ4n) is 3.88. The van der Waals surface area contributed by atoms with Crippen molar-refractivity contribution in [1.82, 2.24) is 4.98 Å². The predicted octanol–water partition coefficient (Wildman–Crippen LogP) is 10.2. The van der Waals surface area contributed by atoms with Gasteiger partial charge in [0.1, 0.15) is 5.82 Å². The highest BCUT2D eigenvalue weighted by Crippen LogP contribution is 2.33. The summed E-state index contributed by atoms with van der Waals surface area (Å²) in [7, 11) is 0. The Kier molecular flexibility index (Phi) is 12.1. The van der Waals surface area contributed by atoms with Gasteiger partial charge in [0, 0.05) is 45.7 Å². The Labute approximate surface area is 230 Å². The number of nitrogens with one attached hydrogen (secondary N) is 1. The molecule has 0 spiro atoms. The molecule has 0 unspecified atom stereocenters. The molecule has 37 heavy (non-hydrogen) atoms. The van der Waals surface area contributed by atoms with Crippen molar-refractivity contribution in [2.24, 2.45) is 0 Å². The molecule has 0 saturated carbocycles. The van der Waals surface area contributed by atoms with Gasteiger partial charge in [-0.2, -0.15) is 0 Å². The van der Waals surface area contributed by atoms with E-state index in [1.807, 2.05) is 62.2 Å². The summed E-state index contributed by atoms with van der Waals surface area (Å²) in [5.74, 6) is 0.917. The average Bonchev–Trinajstić information content (AvgIpc) is 3.24. The Bertz CT molecular complexity index is 1220. The number of hydrogen-bond donors (Lipinski definition) is 1. The van der Waals surface area contributed by atoms with E-state index in [0.717, 1.165) is 27.9 Å². The van der Waals surface area contributed by atoms with Gasteiger partial charge in [0.25, 0.3) is 0 Å². The maximum absolute atomic E-state index is 14.7. The number of rotatable bonds is 5. The zero-order chi connectivity index (χ0) is 26.5. The van der Waals surface area contributed by atoms with Gasteiger partial charge < -0.3 is 9.03 Å². The van der Waals surface area contributed by atoms with Crippen LogP contribution in [0.2, 0.25) is 0 Å². The molecule has 3 nitrogen and oxygen atoms in total. The van der Waals surface area contributed by atoms with E-state index < -0.39 is 0 Å². The van der Waals surface area contributed by atoms with Crippen molar-refractivity contribution in [1.29, 1.82) is 0 Å². The van der Waals surface area contributed by atoms with Gasteiger partial charge in [0.05, 0.1) is 5.69 Å². The smallest absolute Gasteiger partial charge is 0.132 e. The average molecular weight is 536 g/mol. The molecule has 0 bridgehead atoms. The fourth-order valence-corrected chi connectivity index (χ4v) is 5.60. The van der Waals surface area contributed by atoms with E-state index in [2.05, 4.69) is 52.1 Å². The molecule has 5 rings (SSSR count). The Balaban J connectivity index is 0.000000711. The summed E-state index contributed by atoms with van der Waals surface area (Å²) in [5, 5.41) is 1.99. The topological polar surface area (TPSA) is 28.2 Å².